The lowest BCUT2D eigenvalue weighted by Gasteiger charge is -2.32. The Bertz CT molecular complexity index is 858. The molecule has 1 N–H and O–H groups in total. The normalized spacial score (nSPS) is 17.5. The lowest BCUT2D eigenvalue weighted by molar-refractivity contribution is 0.194. The summed E-state index contributed by atoms with van der Waals surface area (Å²) in [6.07, 6.45) is 10.3. The van der Waals surface area contributed by atoms with Crippen molar-refractivity contribution in [1.29, 1.82) is 0 Å². The number of piperidine rings is 1. The zero-order chi connectivity index (χ0) is 19.2. The van der Waals surface area contributed by atoms with Crippen molar-refractivity contribution in [2.75, 3.05) is 18.4 Å². The number of benzene rings is 1. The molecule has 0 saturated carbocycles. The first-order valence-corrected chi connectivity index (χ1v) is 10.1. The minimum Gasteiger partial charge on any atom is -0.350 e. The highest BCUT2D eigenvalue weighted by molar-refractivity contribution is 5.28. The van der Waals surface area contributed by atoms with Crippen LogP contribution < -0.4 is 5.32 Å². The fraction of sp³-hybridized carbons (Fsp3) is 0.409. The summed E-state index contributed by atoms with van der Waals surface area (Å²) in [6, 6.07) is 10.3. The first-order valence-electron chi connectivity index (χ1n) is 10.1. The molecule has 2 aromatic heterocycles. The maximum Gasteiger partial charge on any atom is 0.222 e. The van der Waals surface area contributed by atoms with Crippen molar-refractivity contribution in [2.24, 2.45) is 0 Å². The number of hydrogen-bond donors (Lipinski definition) is 1. The predicted molar refractivity (Wildman–Crippen MR) is 111 cm³/mol. The topological polar surface area (TPSA) is 58.9 Å². The van der Waals surface area contributed by atoms with E-state index in [-0.39, 0.29) is 0 Å². The number of hydrogen-bond acceptors (Lipinski definition) is 5. The minimum atomic E-state index is 0.511. The van der Waals surface area contributed by atoms with Crippen LogP contribution in [-0.2, 0) is 19.6 Å². The second-order valence-electron chi connectivity index (χ2n) is 7.40. The number of aryl methyl sites for hydroxylation is 1. The van der Waals surface area contributed by atoms with Crippen molar-refractivity contribution < 1.29 is 0 Å². The summed E-state index contributed by atoms with van der Waals surface area (Å²) in [7, 11) is 0. The van der Waals surface area contributed by atoms with Gasteiger partial charge in [0.05, 0.1) is 0 Å². The van der Waals surface area contributed by atoms with Crippen LogP contribution in [0.1, 0.15) is 42.6 Å². The van der Waals surface area contributed by atoms with Gasteiger partial charge in [-0.15, -0.1) is 0 Å². The third kappa shape index (κ3) is 4.57. The summed E-state index contributed by atoms with van der Waals surface area (Å²) in [5, 5.41) is 3.28. The molecule has 1 aromatic carbocycles. The molecule has 0 amide bonds. The van der Waals surface area contributed by atoms with E-state index in [4.69, 9.17) is 0 Å². The molecule has 0 bridgehead atoms. The van der Waals surface area contributed by atoms with E-state index in [9.17, 15) is 0 Å². The maximum atomic E-state index is 4.61. The minimum absolute atomic E-state index is 0.511. The van der Waals surface area contributed by atoms with Gasteiger partial charge in [-0.2, -0.15) is 0 Å². The number of nitrogens with one attached hydrogen (secondary N) is 1. The smallest absolute Gasteiger partial charge is 0.222 e. The number of rotatable bonds is 7. The standard InChI is InChI=1S/C22H28N6/c1-2-28-12-10-23-21(28)20-9-6-11-27(17-20)16-19-14-25-22(26-15-19)24-13-18-7-4-3-5-8-18/h3-5,7-8,10,12,14-15,20H,2,6,9,11,13,16-17H2,1H3,(H,24,25,26). The molecular weight excluding hydrogens is 348 g/mol. The van der Waals surface area contributed by atoms with E-state index in [0.717, 1.165) is 38.3 Å². The highest BCUT2D eigenvalue weighted by Crippen LogP contribution is 2.26. The Hall–Kier alpha value is -2.73. The molecule has 6 heteroatoms. The van der Waals surface area contributed by atoms with Crippen LogP contribution in [0.15, 0.2) is 55.1 Å². The molecule has 1 fully saturated rings. The van der Waals surface area contributed by atoms with Crippen LogP contribution in [-0.4, -0.2) is 37.5 Å². The second-order valence-corrected chi connectivity index (χ2v) is 7.40. The van der Waals surface area contributed by atoms with Crippen molar-refractivity contribution in [3.8, 4) is 0 Å². The van der Waals surface area contributed by atoms with Gasteiger partial charge in [0.15, 0.2) is 0 Å². The van der Waals surface area contributed by atoms with Crippen molar-refractivity contribution in [1.82, 2.24) is 24.4 Å². The number of likely N-dealkylation sites (tertiary alicyclic amines) is 1. The molecule has 0 spiro atoms. The zero-order valence-electron chi connectivity index (χ0n) is 16.5. The van der Waals surface area contributed by atoms with Crippen LogP contribution in [0.25, 0.3) is 0 Å². The fourth-order valence-electron chi connectivity index (χ4n) is 3.92. The molecule has 6 nitrogen and oxygen atoms in total. The van der Waals surface area contributed by atoms with E-state index in [1.54, 1.807) is 0 Å². The zero-order valence-corrected chi connectivity index (χ0v) is 16.5. The van der Waals surface area contributed by atoms with E-state index >= 15 is 0 Å². The summed E-state index contributed by atoms with van der Waals surface area (Å²) >= 11 is 0. The van der Waals surface area contributed by atoms with E-state index in [1.165, 1.54) is 24.2 Å². The summed E-state index contributed by atoms with van der Waals surface area (Å²) in [5.41, 5.74) is 2.38. The molecule has 1 atom stereocenters. The van der Waals surface area contributed by atoms with E-state index in [2.05, 4.69) is 55.0 Å². The lowest BCUT2D eigenvalue weighted by Crippen LogP contribution is -2.35. The van der Waals surface area contributed by atoms with Gasteiger partial charge < -0.3 is 9.88 Å². The van der Waals surface area contributed by atoms with Gasteiger partial charge in [0.25, 0.3) is 0 Å². The lowest BCUT2D eigenvalue weighted by atomic mass is 9.97. The molecule has 4 rings (SSSR count). The highest BCUT2D eigenvalue weighted by Gasteiger charge is 2.24. The molecule has 1 aliphatic rings. The average molecular weight is 377 g/mol. The molecule has 146 valence electrons. The van der Waals surface area contributed by atoms with Crippen LogP contribution in [0.4, 0.5) is 5.95 Å². The molecule has 1 unspecified atom stereocenters. The average Bonchev–Trinajstić information content (AvgIpc) is 3.23. The number of nitrogens with zero attached hydrogens (tertiary/aromatic N) is 5. The molecule has 1 saturated heterocycles. The maximum absolute atomic E-state index is 4.61. The Balaban J connectivity index is 1.32. The van der Waals surface area contributed by atoms with Crippen molar-refractivity contribution in [2.45, 2.75) is 45.3 Å². The van der Waals surface area contributed by atoms with E-state index in [0.29, 0.717) is 11.9 Å². The van der Waals surface area contributed by atoms with Crippen LogP contribution in [0.2, 0.25) is 0 Å². The molecule has 0 radical (unpaired) electrons. The van der Waals surface area contributed by atoms with Gasteiger partial charge in [0.1, 0.15) is 5.82 Å². The summed E-state index contributed by atoms with van der Waals surface area (Å²) < 4.78 is 2.27. The van der Waals surface area contributed by atoms with Crippen LogP contribution in [0, 0.1) is 0 Å². The number of anilines is 1. The molecule has 3 heterocycles. The number of aromatic nitrogens is 4. The third-order valence-electron chi connectivity index (χ3n) is 5.36. The quantitative estimate of drug-likeness (QED) is 0.682. The SMILES string of the molecule is CCn1ccnc1C1CCCN(Cc2cnc(NCc3ccccc3)nc2)C1. The molecule has 0 aliphatic carbocycles. The van der Waals surface area contributed by atoms with Crippen LogP contribution in [0.5, 0.6) is 0 Å². The Labute approximate surface area is 166 Å². The summed E-state index contributed by atoms with van der Waals surface area (Å²) in [4.78, 5) is 16.1. The van der Waals surface area contributed by atoms with E-state index in [1.807, 2.05) is 36.8 Å². The largest absolute Gasteiger partial charge is 0.350 e. The first-order chi connectivity index (χ1) is 13.8. The Morgan fingerprint density at radius 2 is 1.89 bits per heavy atom. The third-order valence-corrected chi connectivity index (χ3v) is 5.36. The van der Waals surface area contributed by atoms with Gasteiger partial charge in [0.2, 0.25) is 5.95 Å². The first kappa shape index (κ1) is 18.6. The fourth-order valence-corrected chi connectivity index (χ4v) is 3.92. The Morgan fingerprint density at radius 1 is 1.07 bits per heavy atom. The van der Waals surface area contributed by atoms with Gasteiger partial charge in [-0.1, -0.05) is 30.3 Å². The van der Waals surface area contributed by atoms with Crippen molar-refractivity contribution in [3.63, 3.8) is 0 Å². The Morgan fingerprint density at radius 3 is 2.68 bits per heavy atom. The van der Waals surface area contributed by atoms with Gasteiger partial charge in [0, 0.05) is 62.4 Å². The van der Waals surface area contributed by atoms with Gasteiger partial charge in [-0.3, -0.25) is 4.90 Å². The molecule has 1 aliphatic heterocycles. The molecular formula is C22H28N6. The van der Waals surface area contributed by atoms with Crippen LogP contribution >= 0.6 is 0 Å². The molecule has 3 aromatic rings. The second kappa shape index (κ2) is 8.97. The van der Waals surface area contributed by atoms with Gasteiger partial charge in [-0.05, 0) is 31.9 Å². The van der Waals surface area contributed by atoms with E-state index < -0.39 is 0 Å². The van der Waals surface area contributed by atoms with Crippen LogP contribution in [0.3, 0.4) is 0 Å². The van der Waals surface area contributed by atoms with Gasteiger partial charge in [-0.25, -0.2) is 15.0 Å². The summed E-state index contributed by atoms with van der Waals surface area (Å²) in [6.45, 7) is 6.95. The highest BCUT2D eigenvalue weighted by atomic mass is 15.2. The van der Waals surface area contributed by atoms with Crippen molar-refractivity contribution in [3.05, 3.63) is 72.1 Å². The van der Waals surface area contributed by atoms with Crippen molar-refractivity contribution >= 4 is 5.95 Å². The van der Waals surface area contributed by atoms with Gasteiger partial charge >= 0.3 is 0 Å². The number of imidazole rings is 1. The monoisotopic (exact) mass is 376 g/mol. The summed E-state index contributed by atoms with van der Waals surface area (Å²) in [5.74, 6) is 2.41. The Kier molecular flexibility index (Phi) is 5.97. The molecule has 28 heavy (non-hydrogen) atoms. The predicted octanol–water partition coefficient (Wildman–Crippen LogP) is 3.68.